The molecule has 5 heteroatoms. The Hall–Kier alpha value is -0.780. The van der Waals surface area contributed by atoms with Gasteiger partial charge in [-0.3, -0.25) is 4.90 Å². The van der Waals surface area contributed by atoms with Crippen LogP contribution >= 0.6 is 0 Å². The van der Waals surface area contributed by atoms with Crippen molar-refractivity contribution in [2.24, 2.45) is 11.6 Å². The van der Waals surface area contributed by atoms with Gasteiger partial charge in [-0.15, -0.1) is 0 Å². The number of nitrogens with two attached hydrogens (primary N) is 2. The second-order valence-electron chi connectivity index (χ2n) is 3.78. The average Bonchev–Trinajstić information content (AvgIpc) is 2.01. The smallest absolute Gasteiger partial charge is 0.0655 e. The molecule has 5 nitrogen and oxygen atoms in total. The Bertz CT molecular complexity index is 188. The standard InChI is InChI=1S/C9H23N5/c1-7(12-2)9(13(3)4)8(10)6-14(5)11/h6-7,9,12H,10-11H2,1-5H3/b8-6-. The molecule has 14 heavy (non-hydrogen) atoms. The SMILES string of the molecule is CNC(C)C(/C(N)=C/N(C)N)N(C)C. The van der Waals surface area contributed by atoms with E-state index in [1.807, 2.05) is 21.1 Å². The normalized spacial score (nSPS) is 16.9. The summed E-state index contributed by atoms with van der Waals surface area (Å²) in [6.07, 6.45) is 1.73. The van der Waals surface area contributed by atoms with Crippen molar-refractivity contribution in [2.45, 2.75) is 19.0 Å². The van der Waals surface area contributed by atoms with E-state index in [0.717, 1.165) is 5.70 Å². The Kier molecular flexibility index (Phi) is 5.52. The van der Waals surface area contributed by atoms with Crippen LogP contribution in [-0.4, -0.2) is 50.2 Å². The van der Waals surface area contributed by atoms with E-state index < -0.39 is 0 Å². The number of nitrogens with one attached hydrogen (secondary N) is 1. The van der Waals surface area contributed by atoms with Crippen molar-refractivity contribution in [2.75, 3.05) is 28.2 Å². The lowest BCUT2D eigenvalue weighted by molar-refractivity contribution is 0.271. The zero-order valence-electron chi connectivity index (χ0n) is 9.78. The summed E-state index contributed by atoms with van der Waals surface area (Å²) >= 11 is 0. The lowest BCUT2D eigenvalue weighted by Crippen LogP contribution is -2.47. The lowest BCUT2D eigenvalue weighted by Gasteiger charge is -2.30. The summed E-state index contributed by atoms with van der Waals surface area (Å²) in [5, 5.41) is 4.65. The Morgan fingerprint density at radius 3 is 2.14 bits per heavy atom. The van der Waals surface area contributed by atoms with Gasteiger partial charge in [0.05, 0.1) is 6.04 Å². The van der Waals surface area contributed by atoms with E-state index in [2.05, 4.69) is 17.1 Å². The first-order valence-electron chi connectivity index (χ1n) is 4.68. The highest BCUT2D eigenvalue weighted by Gasteiger charge is 2.20. The monoisotopic (exact) mass is 201 g/mol. The first-order chi connectivity index (χ1) is 6.40. The lowest BCUT2D eigenvalue weighted by atomic mass is 10.1. The van der Waals surface area contributed by atoms with Crippen LogP contribution in [0.5, 0.6) is 0 Å². The minimum atomic E-state index is 0.144. The predicted molar refractivity (Wildman–Crippen MR) is 60.2 cm³/mol. The molecule has 0 aliphatic carbocycles. The van der Waals surface area contributed by atoms with Gasteiger partial charge in [0.2, 0.25) is 0 Å². The molecule has 0 aromatic carbocycles. The molecule has 0 amide bonds. The molecule has 0 aromatic rings. The van der Waals surface area contributed by atoms with Gasteiger partial charge in [0, 0.05) is 25.0 Å². The third kappa shape index (κ3) is 3.95. The molecule has 0 saturated heterocycles. The molecule has 2 unspecified atom stereocenters. The molecule has 0 radical (unpaired) electrons. The van der Waals surface area contributed by atoms with E-state index in [1.165, 1.54) is 5.01 Å². The van der Waals surface area contributed by atoms with Crippen molar-refractivity contribution in [3.63, 3.8) is 0 Å². The topological polar surface area (TPSA) is 70.5 Å². The van der Waals surface area contributed by atoms with E-state index in [9.17, 15) is 0 Å². The summed E-state index contributed by atoms with van der Waals surface area (Å²) in [4.78, 5) is 2.07. The van der Waals surface area contributed by atoms with Crippen LogP contribution in [0.1, 0.15) is 6.92 Å². The zero-order valence-corrected chi connectivity index (χ0v) is 9.78. The Labute approximate surface area is 86.7 Å². The summed E-state index contributed by atoms with van der Waals surface area (Å²) in [6.45, 7) is 2.09. The maximum atomic E-state index is 5.95. The van der Waals surface area contributed by atoms with Gasteiger partial charge in [-0.1, -0.05) is 0 Å². The highest BCUT2D eigenvalue weighted by molar-refractivity contribution is 5.08. The van der Waals surface area contributed by atoms with Crippen molar-refractivity contribution >= 4 is 0 Å². The molecule has 5 N–H and O–H groups in total. The summed E-state index contributed by atoms with van der Waals surface area (Å²) in [7, 11) is 7.66. The van der Waals surface area contributed by atoms with Crippen molar-refractivity contribution in [1.29, 1.82) is 0 Å². The van der Waals surface area contributed by atoms with Crippen LogP contribution in [0, 0.1) is 0 Å². The predicted octanol–water partition coefficient (Wildman–Crippen LogP) is -0.870. The summed E-state index contributed by atoms with van der Waals surface area (Å²) < 4.78 is 0. The zero-order chi connectivity index (χ0) is 11.3. The molecule has 0 bridgehead atoms. The van der Waals surface area contributed by atoms with Gasteiger partial charge in [0.25, 0.3) is 0 Å². The van der Waals surface area contributed by atoms with E-state index in [0.29, 0.717) is 0 Å². The molecule has 0 aliphatic heterocycles. The molecule has 84 valence electrons. The van der Waals surface area contributed by atoms with E-state index in [1.54, 1.807) is 13.2 Å². The summed E-state index contributed by atoms with van der Waals surface area (Å²) in [5.41, 5.74) is 6.71. The fourth-order valence-corrected chi connectivity index (χ4v) is 1.50. The van der Waals surface area contributed by atoms with Gasteiger partial charge in [-0.05, 0) is 28.1 Å². The van der Waals surface area contributed by atoms with Gasteiger partial charge >= 0.3 is 0 Å². The molecule has 0 rings (SSSR count). The van der Waals surface area contributed by atoms with Crippen LogP contribution in [0.25, 0.3) is 0 Å². The highest BCUT2D eigenvalue weighted by Crippen LogP contribution is 2.07. The molecule has 0 saturated carbocycles. The molecule has 0 spiro atoms. The van der Waals surface area contributed by atoms with Crippen LogP contribution < -0.4 is 16.9 Å². The summed E-state index contributed by atoms with van der Waals surface area (Å²) in [5.74, 6) is 5.51. The number of rotatable bonds is 5. The number of nitrogens with zero attached hydrogens (tertiary/aromatic N) is 2. The molecule has 0 heterocycles. The van der Waals surface area contributed by atoms with Gasteiger partial charge in [0.1, 0.15) is 0 Å². The number of hydrogen-bond donors (Lipinski definition) is 3. The van der Waals surface area contributed by atoms with Gasteiger partial charge < -0.3 is 16.1 Å². The van der Waals surface area contributed by atoms with Crippen LogP contribution in [-0.2, 0) is 0 Å². The van der Waals surface area contributed by atoms with Crippen molar-refractivity contribution in [3.8, 4) is 0 Å². The molecular weight excluding hydrogens is 178 g/mol. The third-order valence-electron chi connectivity index (χ3n) is 2.18. The maximum Gasteiger partial charge on any atom is 0.0655 e. The largest absolute Gasteiger partial charge is 0.399 e. The molecule has 0 aromatic heterocycles. The van der Waals surface area contributed by atoms with Gasteiger partial charge in [-0.25, -0.2) is 5.84 Å². The van der Waals surface area contributed by atoms with Crippen molar-refractivity contribution in [3.05, 3.63) is 11.9 Å². The minimum absolute atomic E-state index is 0.144. The van der Waals surface area contributed by atoms with Gasteiger partial charge in [-0.2, -0.15) is 0 Å². The van der Waals surface area contributed by atoms with Crippen LogP contribution in [0.15, 0.2) is 11.9 Å². The van der Waals surface area contributed by atoms with Crippen molar-refractivity contribution < 1.29 is 0 Å². The van der Waals surface area contributed by atoms with Crippen LogP contribution in [0.3, 0.4) is 0 Å². The second-order valence-corrected chi connectivity index (χ2v) is 3.78. The Balaban J connectivity index is 4.65. The Morgan fingerprint density at radius 2 is 1.86 bits per heavy atom. The van der Waals surface area contributed by atoms with Gasteiger partial charge in [0.15, 0.2) is 0 Å². The number of hydrogen-bond acceptors (Lipinski definition) is 5. The van der Waals surface area contributed by atoms with E-state index in [-0.39, 0.29) is 12.1 Å². The van der Waals surface area contributed by atoms with Crippen LogP contribution in [0.2, 0.25) is 0 Å². The quantitative estimate of drug-likeness (QED) is 0.398. The fraction of sp³-hybridized carbons (Fsp3) is 0.778. The molecule has 0 fully saturated rings. The van der Waals surface area contributed by atoms with E-state index in [4.69, 9.17) is 11.6 Å². The average molecular weight is 201 g/mol. The van der Waals surface area contributed by atoms with Crippen molar-refractivity contribution in [1.82, 2.24) is 15.2 Å². The fourth-order valence-electron chi connectivity index (χ4n) is 1.50. The first-order valence-corrected chi connectivity index (χ1v) is 4.68. The Morgan fingerprint density at radius 1 is 1.36 bits per heavy atom. The minimum Gasteiger partial charge on any atom is -0.399 e. The summed E-state index contributed by atoms with van der Waals surface area (Å²) in [6, 6.07) is 0.423. The number of hydrazine groups is 1. The number of likely N-dealkylation sites (N-methyl/N-ethyl adjacent to an activating group) is 2. The molecular formula is C9H23N5. The first kappa shape index (κ1) is 13.2. The highest BCUT2D eigenvalue weighted by atomic mass is 15.4. The maximum absolute atomic E-state index is 5.95. The van der Waals surface area contributed by atoms with E-state index >= 15 is 0 Å². The second kappa shape index (κ2) is 5.85. The molecule has 2 atom stereocenters. The molecule has 0 aliphatic rings. The third-order valence-corrected chi connectivity index (χ3v) is 2.18. The van der Waals surface area contributed by atoms with Crippen LogP contribution in [0.4, 0.5) is 0 Å².